The molecule has 11 nitrogen and oxygen atoms in total. The molecule has 4 rings (SSSR count). The number of rotatable bonds is 4. The summed E-state index contributed by atoms with van der Waals surface area (Å²) in [7, 11) is 0. The molecule has 5 N–H and O–H groups in total. The monoisotopic (exact) mass is 425 g/mol. The molecule has 5 atom stereocenters. The van der Waals surface area contributed by atoms with Gasteiger partial charge in [-0.3, -0.25) is 9.69 Å². The Kier molecular flexibility index (Phi) is 5.66. The average Bonchev–Trinajstić information content (AvgIpc) is 2.74. The molecule has 2 fully saturated rings. The highest BCUT2D eigenvalue weighted by Gasteiger charge is 2.52. The number of aromatic hydroxyl groups is 2. The van der Waals surface area contributed by atoms with Crippen molar-refractivity contribution in [3.8, 4) is 11.5 Å². The Hall–Kier alpha value is -2.28. The molecular weight excluding hydrogens is 402 g/mol. The Morgan fingerprint density at radius 1 is 1.10 bits per heavy atom. The van der Waals surface area contributed by atoms with Crippen LogP contribution in [-0.2, 0) is 20.8 Å². The van der Waals surface area contributed by atoms with E-state index < -0.39 is 60.2 Å². The van der Waals surface area contributed by atoms with E-state index in [1.54, 1.807) is 0 Å². The summed E-state index contributed by atoms with van der Waals surface area (Å²) in [5.41, 5.74) is -0.623. The molecule has 0 amide bonds. The van der Waals surface area contributed by atoms with Crippen LogP contribution in [0.3, 0.4) is 0 Å². The normalized spacial score (nSPS) is 31.6. The van der Waals surface area contributed by atoms with Gasteiger partial charge in [0.15, 0.2) is 12.4 Å². The summed E-state index contributed by atoms with van der Waals surface area (Å²) in [5, 5.41) is 51.3. The number of morpholine rings is 1. The van der Waals surface area contributed by atoms with E-state index >= 15 is 0 Å². The summed E-state index contributed by atoms with van der Waals surface area (Å²) in [6, 6.07) is 0. The molecule has 11 heteroatoms. The first-order chi connectivity index (χ1) is 14.4. The summed E-state index contributed by atoms with van der Waals surface area (Å²) in [4.78, 5) is 26.4. The topological polar surface area (TPSA) is 166 Å². The Labute approximate surface area is 171 Å². The summed E-state index contributed by atoms with van der Waals surface area (Å²) < 4.78 is 16.2. The van der Waals surface area contributed by atoms with E-state index in [-0.39, 0.29) is 29.5 Å². The van der Waals surface area contributed by atoms with Crippen LogP contribution in [0.2, 0.25) is 0 Å². The van der Waals surface area contributed by atoms with Crippen molar-refractivity contribution in [3.63, 3.8) is 0 Å². The van der Waals surface area contributed by atoms with Crippen molar-refractivity contribution in [1.29, 1.82) is 0 Å². The predicted octanol–water partition coefficient (Wildman–Crippen LogP) is -1.56. The van der Waals surface area contributed by atoms with Crippen LogP contribution in [-0.4, -0.2) is 100 Å². The van der Waals surface area contributed by atoms with Gasteiger partial charge in [-0.1, -0.05) is 0 Å². The first kappa shape index (κ1) is 21.0. The van der Waals surface area contributed by atoms with Gasteiger partial charge in [0, 0.05) is 30.8 Å². The molecule has 3 aliphatic rings. The van der Waals surface area contributed by atoms with Gasteiger partial charge < -0.3 is 39.7 Å². The molecule has 30 heavy (non-hydrogen) atoms. The van der Waals surface area contributed by atoms with E-state index in [1.165, 1.54) is 0 Å². The number of ether oxygens (including phenoxy) is 3. The first-order valence-corrected chi connectivity index (χ1v) is 9.58. The van der Waals surface area contributed by atoms with Crippen molar-refractivity contribution >= 4 is 12.3 Å². The molecule has 4 unspecified atom stereocenters. The van der Waals surface area contributed by atoms with Crippen LogP contribution in [0.1, 0.15) is 37.9 Å². The fourth-order valence-corrected chi connectivity index (χ4v) is 4.21. The van der Waals surface area contributed by atoms with Crippen LogP contribution in [0.25, 0.3) is 0 Å². The number of benzene rings is 1. The maximum absolute atomic E-state index is 12.8. The fourth-order valence-electron chi connectivity index (χ4n) is 4.21. The number of nitrogens with zero attached hydrogens (tertiary/aromatic N) is 1. The van der Waals surface area contributed by atoms with Gasteiger partial charge in [-0.25, -0.2) is 4.79 Å². The third kappa shape index (κ3) is 3.23. The second-order valence-electron chi connectivity index (χ2n) is 7.51. The highest BCUT2D eigenvalue weighted by Crippen LogP contribution is 2.48. The van der Waals surface area contributed by atoms with Crippen LogP contribution < -0.4 is 0 Å². The largest absolute Gasteiger partial charge is 0.507 e. The van der Waals surface area contributed by atoms with Gasteiger partial charge >= 0.3 is 5.97 Å². The minimum Gasteiger partial charge on any atom is -0.507 e. The molecule has 3 heterocycles. The molecule has 1 aromatic carbocycles. The van der Waals surface area contributed by atoms with Gasteiger partial charge in [-0.2, -0.15) is 0 Å². The molecule has 0 bridgehead atoms. The van der Waals surface area contributed by atoms with Crippen LogP contribution in [0.15, 0.2) is 0 Å². The summed E-state index contributed by atoms with van der Waals surface area (Å²) in [6.07, 6.45) is -6.68. The molecule has 1 aromatic rings. The zero-order chi connectivity index (χ0) is 21.6. The highest BCUT2D eigenvalue weighted by atomic mass is 16.6. The van der Waals surface area contributed by atoms with Crippen molar-refractivity contribution in [2.24, 2.45) is 0 Å². The maximum Gasteiger partial charge on any atom is 0.339 e. The number of aliphatic hydroxyl groups is 3. The van der Waals surface area contributed by atoms with Crippen molar-refractivity contribution in [1.82, 2.24) is 4.90 Å². The Morgan fingerprint density at radius 2 is 1.80 bits per heavy atom. The molecule has 2 saturated heterocycles. The van der Waals surface area contributed by atoms with Crippen LogP contribution in [0.4, 0.5) is 0 Å². The summed E-state index contributed by atoms with van der Waals surface area (Å²) in [5.74, 6) is -2.15. The molecular formula is C19H23NO10. The van der Waals surface area contributed by atoms with Gasteiger partial charge in [0.05, 0.1) is 30.9 Å². The second kappa shape index (κ2) is 8.10. The Bertz CT molecular complexity index is 852. The van der Waals surface area contributed by atoms with E-state index in [0.29, 0.717) is 26.3 Å². The standard InChI is InChI=1S/C19H23NO10/c21-6-9-13(23)8(5-20-1-3-28-4-2-20)11-12(14(9)24)17-18(30-19(11)27)16(26)15(25)10(7-22)29-17/h6,10,15-18,22-26H,1-5,7H2/t10?,15?,16-,17?,18?/m1/s1. The fraction of sp³-hybridized carbons (Fsp3) is 0.579. The lowest BCUT2D eigenvalue weighted by atomic mass is 9.83. The predicted molar refractivity (Wildman–Crippen MR) is 97.2 cm³/mol. The number of phenolic OH excluding ortho intramolecular Hbond substituents is 2. The number of esters is 1. The lowest BCUT2D eigenvalue weighted by Gasteiger charge is -2.45. The van der Waals surface area contributed by atoms with E-state index in [0.717, 1.165) is 0 Å². The summed E-state index contributed by atoms with van der Waals surface area (Å²) >= 11 is 0. The van der Waals surface area contributed by atoms with E-state index in [4.69, 9.17) is 14.2 Å². The molecule has 0 aliphatic carbocycles. The summed E-state index contributed by atoms with van der Waals surface area (Å²) in [6.45, 7) is 1.43. The van der Waals surface area contributed by atoms with Gasteiger partial charge in [0.25, 0.3) is 0 Å². The zero-order valence-corrected chi connectivity index (χ0v) is 15.9. The molecule has 0 aromatic heterocycles. The lowest BCUT2D eigenvalue weighted by molar-refractivity contribution is -0.235. The maximum atomic E-state index is 12.8. The molecule has 0 spiro atoms. The minimum atomic E-state index is -1.59. The zero-order valence-electron chi connectivity index (χ0n) is 15.9. The smallest absolute Gasteiger partial charge is 0.339 e. The van der Waals surface area contributed by atoms with Crippen molar-refractivity contribution < 1.29 is 49.3 Å². The number of aldehydes is 1. The highest BCUT2D eigenvalue weighted by molar-refractivity contribution is 5.99. The molecule has 164 valence electrons. The minimum absolute atomic E-state index is 0.0831. The van der Waals surface area contributed by atoms with E-state index in [9.17, 15) is 35.1 Å². The second-order valence-corrected chi connectivity index (χ2v) is 7.51. The van der Waals surface area contributed by atoms with Gasteiger partial charge in [-0.05, 0) is 0 Å². The number of carbonyl (C=O) groups is 2. The van der Waals surface area contributed by atoms with Crippen molar-refractivity contribution in [2.75, 3.05) is 32.9 Å². The Balaban J connectivity index is 1.86. The van der Waals surface area contributed by atoms with E-state index in [1.807, 2.05) is 4.90 Å². The van der Waals surface area contributed by atoms with Gasteiger partial charge in [-0.15, -0.1) is 0 Å². The quantitative estimate of drug-likeness (QED) is 0.279. The molecule has 0 radical (unpaired) electrons. The third-order valence-electron chi connectivity index (χ3n) is 5.82. The third-order valence-corrected chi connectivity index (χ3v) is 5.82. The first-order valence-electron chi connectivity index (χ1n) is 9.58. The van der Waals surface area contributed by atoms with Crippen molar-refractivity contribution in [2.45, 2.75) is 37.1 Å². The SMILES string of the molecule is O=Cc1c(O)c(CN2CCOCC2)c2c(c1O)C1OC(CO)C(O)[C@@H](O)C1OC2=O. The van der Waals surface area contributed by atoms with Gasteiger partial charge in [0.2, 0.25) is 0 Å². The molecule has 3 aliphatic heterocycles. The van der Waals surface area contributed by atoms with Gasteiger partial charge in [0.1, 0.15) is 35.9 Å². The number of fused-ring (bicyclic) bond motifs is 3. The van der Waals surface area contributed by atoms with Crippen LogP contribution in [0, 0.1) is 0 Å². The number of phenols is 2. The average molecular weight is 425 g/mol. The van der Waals surface area contributed by atoms with Crippen LogP contribution >= 0.6 is 0 Å². The number of hydrogen-bond acceptors (Lipinski definition) is 11. The lowest BCUT2D eigenvalue weighted by Crippen LogP contribution is -2.58. The molecule has 0 saturated carbocycles. The number of carbonyl (C=O) groups excluding carboxylic acids is 2. The van der Waals surface area contributed by atoms with E-state index in [2.05, 4.69) is 0 Å². The number of hydrogen-bond donors (Lipinski definition) is 5. The van der Waals surface area contributed by atoms with Crippen molar-refractivity contribution in [3.05, 3.63) is 22.3 Å². The van der Waals surface area contributed by atoms with Crippen LogP contribution in [0.5, 0.6) is 11.5 Å². The Morgan fingerprint density at radius 3 is 2.43 bits per heavy atom. The number of aliphatic hydroxyl groups excluding tert-OH is 3.